The fourth-order valence-corrected chi connectivity index (χ4v) is 4.76. The van der Waals surface area contributed by atoms with Crippen molar-refractivity contribution >= 4 is 33.2 Å². The van der Waals surface area contributed by atoms with Gasteiger partial charge in [-0.15, -0.1) is 0 Å². The molecule has 0 spiro atoms. The second kappa shape index (κ2) is 7.96. The molecule has 0 bridgehead atoms. The average molecular weight is 411 g/mol. The number of benzene rings is 2. The number of carbonyl (C=O) groups is 1. The van der Waals surface area contributed by atoms with E-state index in [1.54, 1.807) is 31.3 Å². The van der Waals surface area contributed by atoms with Crippen molar-refractivity contribution in [2.24, 2.45) is 5.92 Å². The first-order chi connectivity index (χ1) is 12.8. The molecule has 0 atom stereocenters. The van der Waals surface area contributed by atoms with Crippen LogP contribution in [-0.2, 0) is 14.8 Å². The highest BCUT2D eigenvalue weighted by atomic mass is 35.5. The van der Waals surface area contributed by atoms with E-state index in [-0.39, 0.29) is 35.6 Å². The topological polar surface area (TPSA) is 57.7 Å². The van der Waals surface area contributed by atoms with Gasteiger partial charge in [0.1, 0.15) is 5.82 Å². The first-order valence-electron chi connectivity index (χ1n) is 8.58. The summed E-state index contributed by atoms with van der Waals surface area (Å²) in [5.41, 5.74) is 0.609. The van der Waals surface area contributed by atoms with Gasteiger partial charge in [-0.1, -0.05) is 11.6 Å². The fourth-order valence-electron chi connectivity index (χ4n) is 3.16. The van der Waals surface area contributed by atoms with Crippen molar-refractivity contribution in [2.45, 2.75) is 17.7 Å². The molecule has 1 amide bonds. The zero-order chi connectivity index (χ0) is 19.6. The molecule has 0 aromatic heterocycles. The highest BCUT2D eigenvalue weighted by Crippen LogP contribution is 2.27. The molecule has 3 rings (SSSR count). The number of sulfonamides is 1. The summed E-state index contributed by atoms with van der Waals surface area (Å²) in [6, 6.07) is 11.8. The second-order valence-corrected chi connectivity index (χ2v) is 8.88. The smallest absolute Gasteiger partial charge is 0.243 e. The third kappa shape index (κ3) is 4.31. The Kier molecular flexibility index (Phi) is 5.83. The Balaban J connectivity index is 1.65. The van der Waals surface area contributed by atoms with E-state index in [4.69, 9.17) is 11.6 Å². The number of anilines is 1. The maximum absolute atomic E-state index is 13.0. The number of piperidine rings is 1. The van der Waals surface area contributed by atoms with Gasteiger partial charge in [0.05, 0.1) is 4.90 Å². The minimum absolute atomic E-state index is 0.0925. The van der Waals surface area contributed by atoms with E-state index < -0.39 is 10.0 Å². The molecule has 1 heterocycles. The Hall–Kier alpha value is -1.96. The van der Waals surface area contributed by atoms with Gasteiger partial charge in [-0.2, -0.15) is 4.31 Å². The lowest BCUT2D eigenvalue weighted by Crippen LogP contribution is -2.43. The summed E-state index contributed by atoms with van der Waals surface area (Å²) in [5, 5.41) is 0.474. The standard InChI is InChI=1S/C19H20ClFN2O3S/c1-22(17-6-4-16(21)5-7-17)19(24)14-10-12-23(13-11-14)27(25,26)18-8-2-15(20)3-9-18/h2-9,14H,10-13H2,1H3. The van der Waals surface area contributed by atoms with E-state index in [9.17, 15) is 17.6 Å². The number of rotatable bonds is 4. The molecule has 0 radical (unpaired) electrons. The van der Waals surface area contributed by atoms with Gasteiger partial charge < -0.3 is 4.90 Å². The van der Waals surface area contributed by atoms with Crippen LogP contribution in [0.1, 0.15) is 12.8 Å². The van der Waals surface area contributed by atoms with Gasteiger partial charge >= 0.3 is 0 Å². The lowest BCUT2D eigenvalue weighted by Gasteiger charge is -2.32. The molecule has 0 saturated carbocycles. The van der Waals surface area contributed by atoms with Gasteiger partial charge in [0.25, 0.3) is 0 Å². The number of nitrogens with zero attached hydrogens (tertiary/aromatic N) is 2. The summed E-state index contributed by atoms with van der Waals surface area (Å²) in [6.45, 7) is 0.553. The molecule has 2 aromatic carbocycles. The molecule has 5 nitrogen and oxygen atoms in total. The summed E-state index contributed by atoms with van der Waals surface area (Å²) < 4.78 is 39.9. The Morgan fingerprint density at radius 3 is 2.19 bits per heavy atom. The molecule has 0 aliphatic carbocycles. The Morgan fingerprint density at radius 2 is 1.63 bits per heavy atom. The van der Waals surface area contributed by atoms with Crippen molar-refractivity contribution in [3.05, 3.63) is 59.4 Å². The molecule has 1 fully saturated rings. The van der Waals surface area contributed by atoms with E-state index in [1.165, 1.54) is 33.5 Å². The first kappa shape index (κ1) is 19.8. The Bertz CT molecular complexity index is 909. The SMILES string of the molecule is CN(C(=O)C1CCN(S(=O)(=O)c2ccc(Cl)cc2)CC1)c1ccc(F)cc1. The molecular weight excluding hydrogens is 391 g/mol. The highest BCUT2D eigenvalue weighted by molar-refractivity contribution is 7.89. The van der Waals surface area contributed by atoms with Gasteiger partial charge in [-0.3, -0.25) is 4.79 Å². The lowest BCUT2D eigenvalue weighted by molar-refractivity contribution is -0.123. The van der Waals surface area contributed by atoms with E-state index in [1.807, 2.05) is 0 Å². The Labute approximate surface area is 163 Å². The minimum atomic E-state index is -3.60. The third-order valence-electron chi connectivity index (χ3n) is 4.80. The van der Waals surface area contributed by atoms with Crippen molar-refractivity contribution < 1.29 is 17.6 Å². The van der Waals surface area contributed by atoms with Gasteiger partial charge in [-0.25, -0.2) is 12.8 Å². The van der Waals surface area contributed by atoms with Crippen LogP contribution in [0.4, 0.5) is 10.1 Å². The molecule has 144 valence electrons. The zero-order valence-electron chi connectivity index (χ0n) is 14.8. The minimum Gasteiger partial charge on any atom is -0.315 e. The van der Waals surface area contributed by atoms with Gasteiger partial charge in [0.15, 0.2) is 0 Å². The summed E-state index contributed by atoms with van der Waals surface area (Å²) >= 11 is 5.82. The maximum atomic E-state index is 13.0. The third-order valence-corrected chi connectivity index (χ3v) is 6.96. The van der Waals surface area contributed by atoms with Crippen molar-refractivity contribution in [3.63, 3.8) is 0 Å². The second-order valence-electron chi connectivity index (χ2n) is 6.51. The molecule has 8 heteroatoms. The van der Waals surface area contributed by atoms with E-state index in [0.29, 0.717) is 23.6 Å². The van der Waals surface area contributed by atoms with E-state index in [2.05, 4.69) is 0 Å². The van der Waals surface area contributed by atoms with Crippen molar-refractivity contribution in [3.8, 4) is 0 Å². The molecule has 1 saturated heterocycles. The molecule has 0 N–H and O–H groups in total. The van der Waals surface area contributed by atoms with Crippen LogP contribution in [0.2, 0.25) is 5.02 Å². The van der Waals surface area contributed by atoms with E-state index >= 15 is 0 Å². The lowest BCUT2D eigenvalue weighted by atomic mass is 9.96. The number of hydrogen-bond donors (Lipinski definition) is 0. The van der Waals surface area contributed by atoms with Crippen LogP contribution in [0.5, 0.6) is 0 Å². The first-order valence-corrected chi connectivity index (χ1v) is 10.4. The zero-order valence-corrected chi connectivity index (χ0v) is 16.4. The van der Waals surface area contributed by atoms with Crippen molar-refractivity contribution in [1.82, 2.24) is 4.31 Å². The van der Waals surface area contributed by atoms with E-state index in [0.717, 1.165) is 0 Å². The van der Waals surface area contributed by atoms with Crippen LogP contribution >= 0.6 is 11.6 Å². The summed E-state index contributed by atoms with van der Waals surface area (Å²) in [5.74, 6) is -0.720. The van der Waals surface area contributed by atoms with Crippen LogP contribution in [0, 0.1) is 11.7 Å². The van der Waals surface area contributed by atoms with Crippen molar-refractivity contribution in [1.29, 1.82) is 0 Å². The van der Waals surface area contributed by atoms with Crippen LogP contribution < -0.4 is 4.90 Å². The number of hydrogen-bond acceptors (Lipinski definition) is 3. The average Bonchev–Trinajstić information content (AvgIpc) is 2.68. The molecule has 2 aromatic rings. The van der Waals surface area contributed by atoms with Crippen LogP contribution in [0.15, 0.2) is 53.4 Å². The fraction of sp³-hybridized carbons (Fsp3) is 0.316. The number of amides is 1. The van der Waals surface area contributed by atoms with Gasteiger partial charge in [0, 0.05) is 36.8 Å². The summed E-state index contributed by atoms with van der Waals surface area (Å²) in [6.07, 6.45) is 0.883. The predicted molar refractivity (Wildman–Crippen MR) is 103 cm³/mol. The maximum Gasteiger partial charge on any atom is 0.243 e. The number of halogens is 2. The van der Waals surface area contributed by atoms with Gasteiger partial charge in [0.2, 0.25) is 15.9 Å². The van der Waals surface area contributed by atoms with Crippen molar-refractivity contribution in [2.75, 3.05) is 25.0 Å². The molecule has 1 aliphatic heterocycles. The molecule has 1 aliphatic rings. The van der Waals surface area contributed by atoms with Crippen LogP contribution in [0.25, 0.3) is 0 Å². The molecule has 27 heavy (non-hydrogen) atoms. The largest absolute Gasteiger partial charge is 0.315 e. The summed E-state index contributed by atoms with van der Waals surface area (Å²) in [7, 11) is -1.95. The highest BCUT2D eigenvalue weighted by Gasteiger charge is 2.33. The number of carbonyl (C=O) groups excluding carboxylic acids is 1. The normalized spacial score (nSPS) is 16.3. The van der Waals surface area contributed by atoms with Crippen LogP contribution in [-0.4, -0.2) is 38.8 Å². The monoisotopic (exact) mass is 410 g/mol. The molecular formula is C19H20ClFN2O3S. The predicted octanol–water partition coefficient (Wildman–Crippen LogP) is 3.54. The molecule has 0 unspecified atom stereocenters. The quantitative estimate of drug-likeness (QED) is 0.774. The summed E-state index contributed by atoms with van der Waals surface area (Å²) in [4.78, 5) is 14.4. The van der Waals surface area contributed by atoms with Crippen LogP contribution in [0.3, 0.4) is 0 Å². The van der Waals surface area contributed by atoms with Gasteiger partial charge in [-0.05, 0) is 61.4 Å². The Morgan fingerprint density at radius 1 is 1.07 bits per heavy atom.